The van der Waals surface area contributed by atoms with E-state index in [9.17, 15) is 4.79 Å². The lowest BCUT2D eigenvalue weighted by molar-refractivity contribution is 0.248. The first-order valence-corrected chi connectivity index (χ1v) is 11.0. The van der Waals surface area contributed by atoms with Crippen molar-refractivity contribution in [3.63, 3.8) is 0 Å². The van der Waals surface area contributed by atoms with Crippen molar-refractivity contribution in [3.8, 4) is 11.5 Å². The van der Waals surface area contributed by atoms with Gasteiger partial charge in [0, 0.05) is 38.8 Å². The standard InChI is InChI=1S/C25H32N4O3/c1-25(2,3)18-8-6-17(7-9-18)16-28-10-12-29(13-11-28)24-26-20-15-22(32-5)21(31-4)14-19(20)23(30)27-24/h6-9,14-15H,10-13,16H2,1-5H3,(H,26,27,30). The number of hydrogen-bond acceptors (Lipinski definition) is 6. The van der Waals surface area contributed by atoms with E-state index in [-0.39, 0.29) is 11.0 Å². The summed E-state index contributed by atoms with van der Waals surface area (Å²) in [5, 5.41) is 0.490. The number of nitrogens with zero attached hydrogens (tertiary/aromatic N) is 3. The Morgan fingerprint density at radius 1 is 0.969 bits per heavy atom. The van der Waals surface area contributed by atoms with Crippen LogP contribution >= 0.6 is 0 Å². The molecular weight excluding hydrogens is 404 g/mol. The van der Waals surface area contributed by atoms with Gasteiger partial charge in [-0.2, -0.15) is 0 Å². The van der Waals surface area contributed by atoms with Gasteiger partial charge in [-0.3, -0.25) is 14.7 Å². The lowest BCUT2D eigenvalue weighted by Crippen LogP contribution is -2.46. The minimum Gasteiger partial charge on any atom is -0.493 e. The van der Waals surface area contributed by atoms with Crippen LogP contribution in [0.2, 0.25) is 0 Å². The number of nitrogens with one attached hydrogen (secondary N) is 1. The molecule has 0 spiro atoms. The Morgan fingerprint density at radius 2 is 1.59 bits per heavy atom. The number of rotatable bonds is 5. The molecule has 0 unspecified atom stereocenters. The predicted molar refractivity (Wildman–Crippen MR) is 128 cm³/mol. The highest BCUT2D eigenvalue weighted by Crippen LogP contribution is 2.30. The number of hydrogen-bond donors (Lipinski definition) is 1. The molecule has 0 saturated carbocycles. The van der Waals surface area contributed by atoms with Crippen LogP contribution < -0.4 is 19.9 Å². The van der Waals surface area contributed by atoms with Gasteiger partial charge >= 0.3 is 0 Å². The average molecular weight is 437 g/mol. The van der Waals surface area contributed by atoms with Crippen molar-refractivity contribution < 1.29 is 9.47 Å². The molecule has 4 rings (SSSR count). The number of anilines is 1. The number of fused-ring (bicyclic) bond motifs is 1. The van der Waals surface area contributed by atoms with E-state index < -0.39 is 0 Å². The molecule has 1 fully saturated rings. The molecular formula is C25H32N4O3. The fraction of sp³-hybridized carbons (Fsp3) is 0.440. The number of benzene rings is 2. The summed E-state index contributed by atoms with van der Waals surface area (Å²) >= 11 is 0. The zero-order valence-corrected chi connectivity index (χ0v) is 19.6. The van der Waals surface area contributed by atoms with Crippen LogP contribution in [-0.2, 0) is 12.0 Å². The van der Waals surface area contributed by atoms with Gasteiger partial charge in [0.05, 0.1) is 25.1 Å². The number of ether oxygens (including phenoxy) is 2. The van der Waals surface area contributed by atoms with E-state index in [1.54, 1.807) is 26.4 Å². The molecule has 1 aliphatic heterocycles. The summed E-state index contributed by atoms with van der Waals surface area (Å²) in [6.07, 6.45) is 0. The molecule has 7 nitrogen and oxygen atoms in total. The van der Waals surface area contributed by atoms with Gasteiger partial charge in [-0.1, -0.05) is 45.0 Å². The molecule has 1 saturated heterocycles. The second-order valence-corrected chi connectivity index (χ2v) is 9.32. The highest BCUT2D eigenvalue weighted by Gasteiger charge is 2.21. The summed E-state index contributed by atoms with van der Waals surface area (Å²) in [5.41, 5.74) is 3.27. The molecule has 2 heterocycles. The largest absolute Gasteiger partial charge is 0.493 e. The highest BCUT2D eigenvalue weighted by molar-refractivity contribution is 5.82. The zero-order chi connectivity index (χ0) is 22.9. The van der Waals surface area contributed by atoms with E-state index in [1.165, 1.54) is 11.1 Å². The Labute approximate surface area is 189 Å². The molecule has 7 heteroatoms. The van der Waals surface area contributed by atoms with E-state index in [1.807, 2.05) is 0 Å². The maximum atomic E-state index is 12.7. The lowest BCUT2D eigenvalue weighted by Gasteiger charge is -2.35. The van der Waals surface area contributed by atoms with Gasteiger partial charge < -0.3 is 14.4 Å². The van der Waals surface area contributed by atoms with Gasteiger partial charge in [0.15, 0.2) is 11.5 Å². The SMILES string of the molecule is COc1cc2nc(N3CCN(Cc4ccc(C(C)(C)C)cc4)CC3)[nH]c(=O)c2cc1OC. The maximum Gasteiger partial charge on any atom is 0.260 e. The summed E-state index contributed by atoms with van der Waals surface area (Å²) in [6.45, 7) is 11.1. The molecule has 1 N–H and O–H groups in total. The fourth-order valence-corrected chi connectivity index (χ4v) is 4.09. The van der Waals surface area contributed by atoms with Crippen molar-refractivity contribution in [3.05, 3.63) is 57.9 Å². The van der Waals surface area contributed by atoms with Crippen molar-refractivity contribution in [2.24, 2.45) is 0 Å². The second-order valence-electron chi connectivity index (χ2n) is 9.32. The van der Waals surface area contributed by atoms with Gasteiger partial charge in [-0.05, 0) is 22.6 Å². The number of aromatic nitrogens is 2. The maximum absolute atomic E-state index is 12.7. The molecule has 0 radical (unpaired) electrons. The van der Waals surface area contributed by atoms with Gasteiger partial charge in [-0.15, -0.1) is 0 Å². The Bertz CT molecular complexity index is 1140. The minimum atomic E-state index is -0.174. The van der Waals surface area contributed by atoms with Crippen LogP contribution in [0.5, 0.6) is 11.5 Å². The van der Waals surface area contributed by atoms with E-state index in [2.05, 4.69) is 59.8 Å². The second kappa shape index (κ2) is 8.82. The molecule has 1 aromatic heterocycles. The van der Waals surface area contributed by atoms with Crippen molar-refractivity contribution in [1.82, 2.24) is 14.9 Å². The topological polar surface area (TPSA) is 70.7 Å². The van der Waals surface area contributed by atoms with Crippen LogP contribution in [0.15, 0.2) is 41.2 Å². The molecule has 0 amide bonds. The van der Waals surface area contributed by atoms with Gasteiger partial charge in [0.25, 0.3) is 5.56 Å². The Morgan fingerprint density at radius 3 is 2.19 bits per heavy atom. The number of aromatic amines is 1. The Kier molecular flexibility index (Phi) is 6.11. The third-order valence-corrected chi connectivity index (χ3v) is 6.10. The van der Waals surface area contributed by atoms with Crippen molar-refractivity contribution in [2.45, 2.75) is 32.7 Å². The molecule has 32 heavy (non-hydrogen) atoms. The normalized spacial score (nSPS) is 15.2. The summed E-state index contributed by atoms with van der Waals surface area (Å²) in [6, 6.07) is 12.4. The van der Waals surface area contributed by atoms with E-state index in [0.717, 1.165) is 32.7 Å². The fourth-order valence-electron chi connectivity index (χ4n) is 4.09. The number of piperazine rings is 1. The van der Waals surface area contributed by atoms with Crippen LogP contribution in [0.3, 0.4) is 0 Å². The van der Waals surface area contributed by atoms with Crippen LogP contribution in [0.4, 0.5) is 5.95 Å². The summed E-state index contributed by atoms with van der Waals surface area (Å²) < 4.78 is 10.7. The smallest absolute Gasteiger partial charge is 0.260 e. The molecule has 0 bridgehead atoms. The molecule has 2 aromatic carbocycles. The summed E-state index contributed by atoms with van der Waals surface area (Å²) in [4.78, 5) is 24.9. The van der Waals surface area contributed by atoms with Crippen molar-refractivity contribution >= 4 is 16.9 Å². The van der Waals surface area contributed by atoms with Crippen LogP contribution in [-0.4, -0.2) is 55.3 Å². The molecule has 170 valence electrons. The highest BCUT2D eigenvalue weighted by atomic mass is 16.5. The monoisotopic (exact) mass is 436 g/mol. The average Bonchev–Trinajstić information content (AvgIpc) is 2.78. The molecule has 0 aliphatic carbocycles. The first kappa shape index (κ1) is 22.1. The molecule has 3 aromatic rings. The van der Waals surface area contributed by atoms with E-state index in [0.29, 0.717) is 28.4 Å². The minimum absolute atomic E-state index is 0.170. The van der Waals surface area contributed by atoms with Crippen LogP contribution in [0.25, 0.3) is 10.9 Å². The molecule has 1 aliphatic rings. The van der Waals surface area contributed by atoms with E-state index in [4.69, 9.17) is 14.5 Å². The zero-order valence-electron chi connectivity index (χ0n) is 19.6. The summed E-state index contributed by atoms with van der Waals surface area (Å²) in [5.74, 6) is 1.68. The first-order valence-electron chi connectivity index (χ1n) is 11.0. The van der Waals surface area contributed by atoms with Gasteiger partial charge in [-0.25, -0.2) is 4.98 Å². The molecule has 0 atom stereocenters. The summed E-state index contributed by atoms with van der Waals surface area (Å²) in [7, 11) is 3.13. The van der Waals surface area contributed by atoms with Crippen molar-refractivity contribution in [2.75, 3.05) is 45.3 Å². The first-order chi connectivity index (χ1) is 15.3. The Balaban J connectivity index is 1.45. The predicted octanol–water partition coefficient (Wildman–Crippen LogP) is 3.56. The van der Waals surface area contributed by atoms with Gasteiger partial charge in [0.1, 0.15) is 0 Å². The number of H-pyrrole nitrogens is 1. The Hall–Kier alpha value is -3.06. The third-order valence-electron chi connectivity index (χ3n) is 6.10. The van der Waals surface area contributed by atoms with Crippen LogP contribution in [0, 0.1) is 0 Å². The third kappa shape index (κ3) is 4.58. The van der Waals surface area contributed by atoms with Crippen molar-refractivity contribution in [1.29, 1.82) is 0 Å². The quantitative estimate of drug-likeness (QED) is 0.660. The lowest BCUT2D eigenvalue weighted by atomic mass is 9.87. The van der Waals surface area contributed by atoms with Gasteiger partial charge in [0.2, 0.25) is 5.95 Å². The van der Waals surface area contributed by atoms with E-state index >= 15 is 0 Å². The van der Waals surface area contributed by atoms with Crippen LogP contribution in [0.1, 0.15) is 31.9 Å². The number of methoxy groups -OCH3 is 2.